The Morgan fingerprint density at radius 3 is 2.31 bits per heavy atom. The number of nitrogens with one attached hydrogen (secondary N) is 1. The van der Waals surface area contributed by atoms with Crippen LogP contribution in [0.1, 0.15) is 60.1 Å². The van der Waals surface area contributed by atoms with Crippen molar-refractivity contribution in [3.8, 4) is 0 Å². The predicted octanol–water partition coefficient (Wildman–Crippen LogP) is 2.10. The molecule has 10 heteroatoms. The van der Waals surface area contributed by atoms with Gasteiger partial charge in [0.05, 0.1) is 17.6 Å². The third-order valence-electron chi connectivity index (χ3n) is 5.40. The van der Waals surface area contributed by atoms with Gasteiger partial charge in [0.15, 0.2) is 11.2 Å². The van der Waals surface area contributed by atoms with Gasteiger partial charge in [-0.3, -0.25) is 18.7 Å². The molecule has 0 bridgehead atoms. The predicted molar refractivity (Wildman–Crippen MR) is 124 cm³/mol. The largest absolute Gasteiger partial charge is 0.332 e. The number of imidazole rings is 1. The van der Waals surface area contributed by atoms with Gasteiger partial charge in [-0.05, 0) is 27.2 Å². The Morgan fingerprint density at radius 2 is 1.72 bits per heavy atom. The van der Waals surface area contributed by atoms with Crippen LogP contribution in [0.3, 0.4) is 0 Å². The van der Waals surface area contributed by atoms with Crippen molar-refractivity contribution in [2.75, 3.05) is 5.32 Å². The fourth-order valence-corrected chi connectivity index (χ4v) is 3.53. The highest BCUT2D eigenvalue weighted by Crippen LogP contribution is 2.28. The first-order valence-corrected chi connectivity index (χ1v) is 10.7. The molecule has 32 heavy (non-hydrogen) atoms. The van der Waals surface area contributed by atoms with Crippen molar-refractivity contribution >= 4 is 22.9 Å². The fourth-order valence-electron chi connectivity index (χ4n) is 3.53. The first-order chi connectivity index (χ1) is 14.7. The number of nitrogens with zero attached hydrogens (tertiary/aromatic N) is 6. The van der Waals surface area contributed by atoms with Crippen LogP contribution in [0.4, 0.5) is 5.82 Å². The van der Waals surface area contributed by atoms with Crippen LogP contribution in [0.25, 0.3) is 11.2 Å². The molecule has 0 atom stereocenters. The standard InChI is InChI=1S/C22H33N7O3/c1-21(2,3)14-12-15(29(25-14)22(4,5)6)24-16(30)10-9-11-28-13-23-18-17(28)19(31)27(8)20(32)26(18)7/h12-13H,9-11H2,1-8H3,(H,24,30). The molecule has 0 aliphatic heterocycles. The maximum atomic E-state index is 12.7. The van der Waals surface area contributed by atoms with Gasteiger partial charge in [0.1, 0.15) is 5.82 Å². The number of aryl methyl sites for hydroxylation is 2. The molecule has 1 N–H and O–H groups in total. The van der Waals surface area contributed by atoms with E-state index in [-0.39, 0.29) is 23.3 Å². The van der Waals surface area contributed by atoms with E-state index in [1.807, 2.05) is 31.5 Å². The molecule has 0 aliphatic carbocycles. The molecule has 0 aliphatic rings. The highest BCUT2D eigenvalue weighted by Gasteiger charge is 2.25. The lowest BCUT2D eigenvalue weighted by Gasteiger charge is -2.23. The maximum Gasteiger partial charge on any atom is 0.332 e. The van der Waals surface area contributed by atoms with E-state index in [4.69, 9.17) is 5.10 Å². The Hall–Kier alpha value is -3.17. The lowest BCUT2D eigenvalue weighted by Crippen LogP contribution is -2.37. The zero-order chi connectivity index (χ0) is 24.0. The molecule has 3 heterocycles. The first kappa shape index (κ1) is 23.5. The van der Waals surface area contributed by atoms with Crippen LogP contribution in [0, 0.1) is 0 Å². The molecule has 0 spiro atoms. The van der Waals surface area contributed by atoms with Crippen LogP contribution < -0.4 is 16.6 Å². The van der Waals surface area contributed by atoms with Gasteiger partial charge >= 0.3 is 5.69 Å². The maximum absolute atomic E-state index is 12.7. The van der Waals surface area contributed by atoms with Gasteiger partial charge in [-0.25, -0.2) is 14.5 Å². The molecule has 3 aromatic heterocycles. The molecule has 0 radical (unpaired) electrons. The molecule has 0 aromatic carbocycles. The number of hydrogen-bond acceptors (Lipinski definition) is 5. The lowest BCUT2D eigenvalue weighted by molar-refractivity contribution is -0.116. The van der Waals surface area contributed by atoms with Crippen LogP contribution >= 0.6 is 0 Å². The lowest BCUT2D eigenvalue weighted by atomic mass is 9.92. The van der Waals surface area contributed by atoms with Gasteiger partial charge in [0.25, 0.3) is 5.56 Å². The number of fused-ring (bicyclic) bond motifs is 1. The average molecular weight is 444 g/mol. The Kier molecular flexibility index (Phi) is 5.92. The van der Waals surface area contributed by atoms with E-state index in [0.717, 1.165) is 10.3 Å². The number of anilines is 1. The Morgan fingerprint density at radius 1 is 1.06 bits per heavy atom. The van der Waals surface area contributed by atoms with E-state index in [1.54, 1.807) is 11.6 Å². The van der Waals surface area contributed by atoms with Gasteiger partial charge in [-0.1, -0.05) is 20.8 Å². The van der Waals surface area contributed by atoms with Crippen molar-refractivity contribution < 1.29 is 4.79 Å². The van der Waals surface area contributed by atoms with Crippen molar-refractivity contribution in [1.29, 1.82) is 0 Å². The van der Waals surface area contributed by atoms with Gasteiger partial charge in [-0.2, -0.15) is 5.10 Å². The summed E-state index contributed by atoms with van der Waals surface area (Å²) in [4.78, 5) is 41.5. The first-order valence-electron chi connectivity index (χ1n) is 10.7. The van der Waals surface area contributed by atoms with Gasteiger partial charge in [-0.15, -0.1) is 0 Å². The SMILES string of the molecule is Cn1c(=O)c2c(ncn2CCCC(=O)Nc2cc(C(C)(C)C)nn2C(C)(C)C)n(C)c1=O. The van der Waals surface area contributed by atoms with Crippen molar-refractivity contribution in [3.63, 3.8) is 0 Å². The van der Waals surface area contributed by atoms with Crippen LogP contribution in [0.5, 0.6) is 0 Å². The highest BCUT2D eigenvalue weighted by atomic mass is 16.2. The van der Waals surface area contributed by atoms with E-state index in [0.29, 0.717) is 29.9 Å². The van der Waals surface area contributed by atoms with Crippen molar-refractivity contribution in [3.05, 3.63) is 38.9 Å². The second kappa shape index (κ2) is 8.07. The van der Waals surface area contributed by atoms with Gasteiger partial charge < -0.3 is 9.88 Å². The summed E-state index contributed by atoms with van der Waals surface area (Å²) in [7, 11) is 3.03. The molecule has 0 unspecified atom stereocenters. The minimum Gasteiger partial charge on any atom is -0.325 e. The third-order valence-corrected chi connectivity index (χ3v) is 5.40. The van der Waals surface area contributed by atoms with E-state index in [9.17, 15) is 14.4 Å². The molecule has 174 valence electrons. The van der Waals surface area contributed by atoms with Crippen LogP contribution in [0.2, 0.25) is 0 Å². The molecule has 1 amide bonds. The number of carbonyl (C=O) groups is 1. The quantitative estimate of drug-likeness (QED) is 0.650. The summed E-state index contributed by atoms with van der Waals surface area (Å²) in [5.41, 5.74) is 0.379. The molecular weight excluding hydrogens is 410 g/mol. The second-order valence-corrected chi connectivity index (χ2v) is 10.2. The van der Waals surface area contributed by atoms with Gasteiger partial charge in [0.2, 0.25) is 5.91 Å². The summed E-state index contributed by atoms with van der Waals surface area (Å²) in [5, 5.41) is 7.71. The highest BCUT2D eigenvalue weighted by molar-refractivity contribution is 5.90. The van der Waals surface area contributed by atoms with E-state index in [1.165, 1.54) is 17.9 Å². The third kappa shape index (κ3) is 4.39. The zero-order valence-electron chi connectivity index (χ0n) is 20.2. The van der Waals surface area contributed by atoms with Crippen molar-refractivity contribution in [1.82, 2.24) is 28.5 Å². The molecule has 0 saturated carbocycles. The summed E-state index contributed by atoms with van der Waals surface area (Å²) in [6.45, 7) is 12.8. The van der Waals surface area contributed by atoms with E-state index < -0.39 is 11.2 Å². The summed E-state index contributed by atoms with van der Waals surface area (Å²) >= 11 is 0. The molecule has 0 saturated heterocycles. The summed E-state index contributed by atoms with van der Waals surface area (Å²) in [6.07, 6.45) is 2.32. The number of rotatable bonds is 5. The normalized spacial score (nSPS) is 12.5. The fraction of sp³-hybridized carbons (Fsp3) is 0.591. The number of amides is 1. The molecule has 3 aromatic rings. The Bertz CT molecular complexity index is 1280. The molecule has 0 fully saturated rings. The smallest absolute Gasteiger partial charge is 0.325 e. The zero-order valence-corrected chi connectivity index (χ0v) is 20.2. The monoisotopic (exact) mass is 443 g/mol. The van der Waals surface area contributed by atoms with Crippen LogP contribution in [-0.4, -0.2) is 34.4 Å². The summed E-state index contributed by atoms with van der Waals surface area (Å²) in [5.74, 6) is 0.546. The summed E-state index contributed by atoms with van der Waals surface area (Å²) in [6, 6.07) is 1.93. The summed E-state index contributed by atoms with van der Waals surface area (Å²) < 4.78 is 5.95. The number of hydrogen-bond donors (Lipinski definition) is 1. The molecule has 10 nitrogen and oxygen atoms in total. The minimum absolute atomic E-state index is 0.124. The molecular formula is C22H33N7O3. The Balaban J connectivity index is 1.74. The average Bonchev–Trinajstić information content (AvgIpc) is 3.29. The topological polar surface area (TPSA) is 109 Å². The molecule has 3 rings (SSSR count). The minimum atomic E-state index is -0.419. The van der Waals surface area contributed by atoms with Crippen LogP contribution in [0.15, 0.2) is 22.0 Å². The van der Waals surface area contributed by atoms with Crippen molar-refractivity contribution in [2.24, 2.45) is 14.1 Å². The van der Waals surface area contributed by atoms with Gasteiger partial charge in [0, 0.05) is 38.5 Å². The van der Waals surface area contributed by atoms with E-state index in [2.05, 4.69) is 31.1 Å². The van der Waals surface area contributed by atoms with Crippen LogP contribution in [-0.2, 0) is 36.4 Å². The number of aromatic nitrogens is 6. The second-order valence-electron chi connectivity index (χ2n) is 10.2. The van der Waals surface area contributed by atoms with Crippen molar-refractivity contribution in [2.45, 2.75) is 71.9 Å². The number of carbonyl (C=O) groups excluding carboxylic acids is 1. The Labute approximate surface area is 186 Å². The van der Waals surface area contributed by atoms with E-state index >= 15 is 0 Å².